The van der Waals surface area contributed by atoms with Gasteiger partial charge in [-0.15, -0.1) is 0 Å². The molecule has 1 heterocycles. The average molecular weight is 420 g/mol. The van der Waals surface area contributed by atoms with Crippen LogP contribution in [0.4, 0.5) is 5.69 Å². The van der Waals surface area contributed by atoms with Crippen LogP contribution in [0.1, 0.15) is 58.9 Å². The lowest BCUT2D eigenvalue weighted by molar-refractivity contribution is -0.143. The van der Waals surface area contributed by atoms with E-state index in [-0.39, 0.29) is 29.8 Å². The molecule has 1 saturated heterocycles. The topological polar surface area (TPSA) is 52.7 Å². The van der Waals surface area contributed by atoms with Crippen LogP contribution in [-0.2, 0) is 16.1 Å². The standard InChI is InChI=1S/C23H34ClN3O2/c1-15(2)22(28)25-20-11-7-10-19(21(20)24)14-26-12-16(3)27(17(4)13-26)23(29)18-8-5-6-9-18/h7,10-11,15-18H,5-6,8-9,12-14H2,1-4H3,(H,25,28)/t16-,17+. The lowest BCUT2D eigenvalue weighted by Crippen LogP contribution is -2.59. The van der Waals surface area contributed by atoms with Gasteiger partial charge >= 0.3 is 0 Å². The molecule has 1 aromatic rings. The highest BCUT2D eigenvalue weighted by molar-refractivity contribution is 6.34. The molecule has 2 fully saturated rings. The number of amides is 2. The Labute approximate surface area is 179 Å². The van der Waals surface area contributed by atoms with E-state index in [1.165, 1.54) is 12.8 Å². The maximum absolute atomic E-state index is 13.0. The Morgan fingerprint density at radius 1 is 1.14 bits per heavy atom. The van der Waals surface area contributed by atoms with Crippen molar-refractivity contribution in [3.8, 4) is 0 Å². The SMILES string of the molecule is CC(C)C(=O)Nc1cccc(CN2C[C@@H](C)N(C(=O)C3CCCC3)[C@@H](C)C2)c1Cl. The van der Waals surface area contributed by atoms with Crippen molar-refractivity contribution in [2.75, 3.05) is 18.4 Å². The molecule has 1 aliphatic carbocycles. The molecule has 0 bridgehead atoms. The van der Waals surface area contributed by atoms with Gasteiger partial charge in [0.2, 0.25) is 11.8 Å². The van der Waals surface area contributed by atoms with Gasteiger partial charge in [-0.05, 0) is 38.3 Å². The number of carbonyl (C=O) groups is 2. The number of halogens is 1. The van der Waals surface area contributed by atoms with Crippen LogP contribution in [0.3, 0.4) is 0 Å². The molecule has 0 unspecified atom stereocenters. The highest BCUT2D eigenvalue weighted by atomic mass is 35.5. The van der Waals surface area contributed by atoms with Crippen molar-refractivity contribution in [3.63, 3.8) is 0 Å². The van der Waals surface area contributed by atoms with Crippen LogP contribution in [0.5, 0.6) is 0 Å². The van der Waals surface area contributed by atoms with Gasteiger partial charge in [0.1, 0.15) is 0 Å². The van der Waals surface area contributed by atoms with Crippen molar-refractivity contribution < 1.29 is 9.59 Å². The van der Waals surface area contributed by atoms with E-state index in [1.54, 1.807) is 0 Å². The van der Waals surface area contributed by atoms with Gasteiger partial charge in [-0.2, -0.15) is 0 Å². The molecule has 2 atom stereocenters. The molecular formula is C23H34ClN3O2. The van der Waals surface area contributed by atoms with Crippen molar-refractivity contribution in [1.82, 2.24) is 9.80 Å². The molecule has 5 nitrogen and oxygen atoms in total. The van der Waals surface area contributed by atoms with Gasteiger partial charge in [-0.3, -0.25) is 14.5 Å². The summed E-state index contributed by atoms with van der Waals surface area (Å²) in [4.78, 5) is 29.5. The van der Waals surface area contributed by atoms with E-state index in [1.807, 2.05) is 32.0 Å². The molecule has 3 rings (SSSR count). The summed E-state index contributed by atoms with van der Waals surface area (Å²) in [6.07, 6.45) is 4.45. The number of rotatable bonds is 5. The summed E-state index contributed by atoms with van der Waals surface area (Å²) in [5, 5.41) is 3.52. The first-order chi connectivity index (χ1) is 13.8. The van der Waals surface area contributed by atoms with Crippen LogP contribution in [0.15, 0.2) is 18.2 Å². The van der Waals surface area contributed by atoms with E-state index >= 15 is 0 Å². The zero-order valence-electron chi connectivity index (χ0n) is 18.1. The van der Waals surface area contributed by atoms with Crippen LogP contribution in [-0.4, -0.2) is 46.8 Å². The van der Waals surface area contributed by atoms with E-state index in [0.29, 0.717) is 23.2 Å². The van der Waals surface area contributed by atoms with Crippen molar-refractivity contribution in [2.45, 2.75) is 72.0 Å². The van der Waals surface area contributed by atoms with Gasteiger partial charge in [-0.1, -0.05) is 50.4 Å². The Balaban J connectivity index is 1.66. The molecule has 2 aliphatic rings. The molecule has 2 amide bonds. The maximum Gasteiger partial charge on any atom is 0.226 e. The largest absolute Gasteiger partial charge is 0.334 e. The van der Waals surface area contributed by atoms with Crippen LogP contribution in [0, 0.1) is 11.8 Å². The van der Waals surface area contributed by atoms with Crippen LogP contribution in [0.25, 0.3) is 0 Å². The van der Waals surface area contributed by atoms with Crippen LogP contribution in [0.2, 0.25) is 5.02 Å². The Morgan fingerprint density at radius 3 is 2.34 bits per heavy atom. The predicted molar refractivity (Wildman–Crippen MR) is 118 cm³/mol. The third kappa shape index (κ3) is 5.13. The van der Waals surface area contributed by atoms with E-state index in [2.05, 4.69) is 29.0 Å². The van der Waals surface area contributed by atoms with E-state index in [0.717, 1.165) is 31.5 Å². The van der Waals surface area contributed by atoms with E-state index in [4.69, 9.17) is 11.6 Å². The van der Waals surface area contributed by atoms with Gasteiger partial charge in [-0.25, -0.2) is 0 Å². The van der Waals surface area contributed by atoms with Gasteiger partial charge in [0, 0.05) is 43.6 Å². The zero-order chi connectivity index (χ0) is 21.1. The Kier molecular flexibility index (Phi) is 7.23. The highest BCUT2D eigenvalue weighted by Crippen LogP contribution is 2.31. The Hall–Kier alpha value is -1.59. The summed E-state index contributed by atoms with van der Waals surface area (Å²) in [5.74, 6) is 0.438. The summed E-state index contributed by atoms with van der Waals surface area (Å²) in [6.45, 7) is 10.4. The summed E-state index contributed by atoms with van der Waals surface area (Å²) in [5.41, 5.74) is 1.67. The molecule has 1 aromatic carbocycles. The minimum absolute atomic E-state index is 0.0367. The predicted octanol–water partition coefficient (Wildman–Crippen LogP) is 4.55. The number of nitrogens with zero attached hydrogens (tertiary/aromatic N) is 2. The Morgan fingerprint density at radius 2 is 1.76 bits per heavy atom. The lowest BCUT2D eigenvalue weighted by Gasteiger charge is -2.45. The van der Waals surface area contributed by atoms with Crippen molar-refractivity contribution >= 4 is 29.1 Å². The van der Waals surface area contributed by atoms with Gasteiger partial charge in [0.15, 0.2) is 0 Å². The third-order valence-electron chi connectivity index (χ3n) is 6.21. The maximum atomic E-state index is 13.0. The van der Waals surface area contributed by atoms with Crippen molar-refractivity contribution in [1.29, 1.82) is 0 Å². The fourth-order valence-corrected chi connectivity index (χ4v) is 4.93. The van der Waals surface area contributed by atoms with Crippen LogP contribution >= 0.6 is 11.6 Å². The van der Waals surface area contributed by atoms with Gasteiger partial charge in [0.05, 0.1) is 10.7 Å². The number of carbonyl (C=O) groups excluding carboxylic acids is 2. The number of hydrogen-bond donors (Lipinski definition) is 1. The minimum Gasteiger partial charge on any atom is -0.334 e. The molecule has 6 heteroatoms. The molecule has 1 aliphatic heterocycles. The number of benzene rings is 1. The monoisotopic (exact) mass is 419 g/mol. The molecule has 1 N–H and O–H groups in total. The highest BCUT2D eigenvalue weighted by Gasteiger charge is 2.37. The quantitative estimate of drug-likeness (QED) is 0.761. The fourth-order valence-electron chi connectivity index (χ4n) is 4.70. The first-order valence-electron chi connectivity index (χ1n) is 10.9. The normalized spacial score (nSPS) is 23.6. The number of piperazine rings is 1. The van der Waals surface area contributed by atoms with Crippen LogP contribution < -0.4 is 5.32 Å². The van der Waals surface area contributed by atoms with E-state index in [9.17, 15) is 9.59 Å². The summed E-state index contributed by atoms with van der Waals surface area (Å²) >= 11 is 6.61. The van der Waals surface area contributed by atoms with Crippen molar-refractivity contribution in [2.24, 2.45) is 11.8 Å². The van der Waals surface area contributed by atoms with E-state index < -0.39 is 0 Å². The number of nitrogens with one attached hydrogen (secondary N) is 1. The number of anilines is 1. The second-order valence-corrected chi connectivity index (χ2v) is 9.42. The second kappa shape index (κ2) is 9.48. The molecule has 1 saturated carbocycles. The molecular weight excluding hydrogens is 386 g/mol. The van der Waals surface area contributed by atoms with Gasteiger partial charge in [0.25, 0.3) is 0 Å². The number of hydrogen-bond acceptors (Lipinski definition) is 3. The first kappa shape index (κ1) is 22.1. The zero-order valence-corrected chi connectivity index (χ0v) is 18.8. The first-order valence-corrected chi connectivity index (χ1v) is 11.3. The third-order valence-corrected chi connectivity index (χ3v) is 6.65. The summed E-state index contributed by atoms with van der Waals surface area (Å²) in [7, 11) is 0. The molecule has 160 valence electrons. The smallest absolute Gasteiger partial charge is 0.226 e. The van der Waals surface area contributed by atoms with Gasteiger partial charge < -0.3 is 10.2 Å². The summed E-state index contributed by atoms with van der Waals surface area (Å²) < 4.78 is 0. The average Bonchev–Trinajstić information content (AvgIpc) is 3.19. The second-order valence-electron chi connectivity index (χ2n) is 9.04. The lowest BCUT2D eigenvalue weighted by atomic mass is 10.0. The summed E-state index contributed by atoms with van der Waals surface area (Å²) in [6, 6.07) is 6.17. The molecule has 0 spiro atoms. The fraction of sp³-hybridized carbons (Fsp3) is 0.652. The Bertz CT molecular complexity index is 734. The molecule has 0 aromatic heterocycles. The molecule has 29 heavy (non-hydrogen) atoms. The van der Waals surface area contributed by atoms with Crippen molar-refractivity contribution in [3.05, 3.63) is 28.8 Å². The molecule has 0 radical (unpaired) electrons. The minimum atomic E-state index is -0.0955.